The SMILES string of the molecule is C=CP(c1ccccc1)c1ccccc1.C=CP(c1ccccc1)c1ccccc1.[Cl][Pd][Cl]. The molecule has 0 unspecified atom stereocenters. The molecule has 0 aliphatic carbocycles. The molecular formula is C28H26Cl2P2Pd. The molecule has 0 spiro atoms. The maximum atomic E-state index is 4.81. The number of hydrogen-bond donors (Lipinski definition) is 0. The third-order valence-electron chi connectivity index (χ3n) is 4.50. The van der Waals surface area contributed by atoms with Crippen LogP contribution in [-0.2, 0) is 15.9 Å². The Balaban J connectivity index is 0.000000209. The van der Waals surface area contributed by atoms with E-state index in [9.17, 15) is 0 Å². The average Bonchev–Trinajstić information content (AvgIpc) is 2.89. The van der Waals surface area contributed by atoms with Gasteiger partial charge in [-0.3, -0.25) is 0 Å². The van der Waals surface area contributed by atoms with Crippen molar-refractivity contribution < 1.29 is 15.9 Å². The Bertz CT molecular complexity index is 880. The first-order valence-corrected chi connectivity index (χ1v) is 16.9. The van der Waals surface area contributed by atoms with E-state index in [1.165, 1.54) is 21.2 Å². The van der Waals surface area contributed by atoms with Gasteiger partial charge in [-0.25, -0.2) is 0 Å². The zero-order chi connectivity index (χ0) is 23.7. The fourth-order valence-corrected chi connectivity index (χ4v) is 6.49. The van der Waals surface area contributed by atoms with Crippen molar-refractivity contribution in [3.8, 4) is 0 Å². The van der Waals surface area contributed by atoms with E-state index in [1.807, 2.05) is 24.3 Å². The molecule has 172 valence electrons. The van der Waals surface area contributed by atoms with Crippen molar-refractivity contribution in [2.24, 2.45) is 0 Å². The topological polar surface area (TPSA) is 0 Å². The van der Waals surface area contributed by atoms with Crippen molar-refractivity contribution in [2.45, 2.75) is 0 Å². The van der Waals surface area contributed by atoms with E-state index in [2.05, 4.69) is 122 Å². The summed E-state index contributed by atoms with van der Waals surface area (Å²) in [6.07, 6.45) is 0. The first-order valence-electron chi connectivity index (χ1n) is 10.1. The van der Waals surface area contributed by atoms with Crippen LogP contribution in [0.2, 0.25) is 0 Å². The molecule has 0 nitrogen and oxygen atoms in total. The van der Waals surface area contributed by atoms with Crippen LogP contribution in [0.4, 0.5) is 0 Å². The van der Waals surface area contributed by atoms with Crippen molar-refractivity contribution in [1.29, 1.82) is 0 Å². The molecule has 0 saturated carbocycles. The first kappa shape index (κ1) is 27.7. The van der Waals surface area contributed by atoms with Crippen LogP contribution < -0.4 is 21.2 Å². The van der Waals surface area contributed by atoms with Crippen LogP contribution in [0, 0.1) is 0 Å². The van der Waals surface area contributed by atoms with Crippen LogP contribution in [0.3, 0.4) is 0 Å². The van der Waals surface area contributed by atoms with Gasteiger partial charge in [0.15, 0.2) is 0 Å². The summed E-state index contributed by atoms with van der Waals surface area (Å²) in [7, 11) is 8.86. The van der Waals surface area contributed by atoms with Gasteiger partial charge in [0, 0.05) is 0 Å². The third-order valence-corrected chi connectivity index (χ3v) is 8.65. The standard InChI is InChI=1S/2C14H13P.2ClH.Pd/c2*1-2-15(13-9-5-3-6-10-13)14-11-7-4-8-12-14;;;/h2*2-12H,1H2;2*1H;/q;;;;+2/p-2. The molecule has 0 saturated heterocycles. The zero-order valence-corrected chi connectivity index (χ0v) is 22.9. The predicted molar refractivity (Wildman–Crippen MR) is 150 cm³/mol. The molecule has 4 rings (SSSR count). The Labute approximate surface area is 217 Å². The molecule has 33 heavy (non-hydrogen) atoms. The molecule has 0 heterocycles. The summed E-state index contributed by atoms with van der Waals surface area (Å²) in [5.74, 6) is 4.11. The van der Waals surface area contributed by atoms with E-state index in [1.54, 1.807) is 0 Å². The van der Waals surface area contributed by atoms with Crippen LogP contribution in [0.25, 0.3) is 0 Å². The minimum atomic E-state index is -0.385. The van der Waals surface area contributed by atoms with E-state index >= 15 is 0 Å². The van der Waals surface area contributed by atoms with Crippen LogP contribution in [0.5, 0.6) is 0 Å². The predicted octanol–water partition coefficient (Wildman–Crippen LogP) is 7.90. The van der Waals surface area contributed by atoms with Crippen molar-refractivity contribution in [2.75, 3.05) is 0 Å². The van der Waals surface area contributed by atoms with E-state index < -0.39 is 0 Å². The van der Waals surface area contributed by atoms with Gasteiger partial charge >= 0.3 is 35.0 Å². The normalized spacial score (nSPS) is 9.94. The molecule has 0 aromatic heterocycles. The molecule has 0 aliphatic heterocycles. The molecule has 0 atom stereocenters. The van der Waals surface area contributed by atoms with Gasteiger partial charge in [0.2, 0.25) is 0 Å². The van der Waals surface area contributed by atoms with Crippen LogP contribution in [0.15, 0.2) is 146 Å². The van der Waals surface area contributed by atoms with Crippen molar-refractivity contribution in [3.05, 3.63) is 146 Å². The van der Waals surface area contributed by atoms with E-state index in [4.69, 9.17) is 19.1 Å². The van der Waals surface area contributed by atoms with Crippen LogP contribution in [-0.4, -0.2) is 0 Å². The monoisotopic (exact) mass is 600 g/mol. The van der Waals surface area contributed by atoms with Gasteiger partial charge < -0.3 is 0 Å². The summed E-state index contributed by atoms with van der Waals surface area (Å²) in [4.78, 5) is 0. The summed E-state index contributed by atoms with van der Waals surface area (Å²) >= 11 is -0.106. The van der Waals surface area contributed by atoms with Gasteiger partial charge in [0.1, 0.15) is 0 Å². The van der Waals surface area contributed by atoms with Gasteiger partial charge in [-0.1, -0.05) is 146 Å². The van der Waals surface area contributed by atoms with E-state index in [0.717, 1.165) is 0 Å². The summed E-state index contributed by atoms with van der Waals surface area (Å²) in [5, 5.41) is 5.42. The second-order valence-electron chi connectivity index (χ2n) is 6.49. The molecular weight excluding hydrogens is 576 g/mol. The van der Waals surface area contributed by atoms with Gasteiger partial charge in [-0.2, -0.15) is 0 Å². The minimum absolute atomic E-state index is 0.106. The second kappa shape index (κ2) is 17.0. The number of hydrogen-bond acceptors (Lipinski definition) is 0. The molecule has 0 bridgehead atoms. The quantitative estimate of drug-likeness (QED) is 0.156. The van der Waals surface area contributed by atoms with Gasteiger partial charge in [-0.15, -0.1) is 0 Å². The Morgan fingerprint density at radius 1 is 0.455 bits per heavy atom. The van der Waals surface area contributed by atoms with Crippen LogP contribution in [0.1, 0.15) is 0 Å². The molecule has 0 aliphatic rings. The summed E-state index contributed by atoms with van der Waals surface area (Å²) in [6, 6.07) is 42.2. The molecule has 0 radical (unpaired) electrons. The number of halogens is 2. The Kier molecular flexibility index (Phi) is 14.3. The second-order valence-corrected chi connectivity index (χ2v) is 13.1. The number of rotatable bonds is 6. The summed E-state index contributed by atoms with van der Waals surface area (Å²) < 4.78 is 0. The van der Waals surface area contributed by atoms with Gasteiger partial charge in [0.25, 0.3) is 0 Å². The van der Waals surface area contributed by atoms with E-state index in [-0.39, 0.29) is 31.8 Å². The molecule has 4 aromatic carbocycles. The Hall–Kier alpha value is -1.54. The molecule has 5 heteroatoms. The molecule has 0 fully saturated rings. The molecule has 0 N–H and O–H groups in total. The molecule has 0 amide bonds. The fourth-order valence-electron chi connectivity index (χ4n) is 3.07. The van der Waals surface area contributed by atoms with E-state index in [0.29, 0.717) is 0 Å². The van der Waals surface area contributed by atoms with Gasteiger partial charge in [-0.05, 0) is 37.1 Å². The first-order chi connectivity index (χ1) is 16.2. The third kappa shape index (κ3) is 9.69. The Morgan fingerprint density at radius 3 is 0.788 bits per heavy atom. The van der Waals surface area contributed by atoms with Crippen molar-refractivity contribution >= 4 is 56.1 Å². The molecule has 4 aromatic rings. The average molecular weight is 602 g/mol. The van der Waals surface area contributed by atoms with Crippen molar-refractivity contribution in [1.82, 2.24) is 0 Å². The maximum absolute atomic E-state index is 4.81. The van der Waals surface area contributed by atoms with Crippen LogP contribution >= 0.6 is 34.9 Å². The van der Waals surface area contributed by atoms with Gasteiger partial charge in [0.05, 0.1) is 0 Å². The zero-order valence-electron chi connectivity index (χ0n) is 18.1. The summed E-state index contributed by atoms with van der Waals surface area (Å²) in [5.41, 5.74) is 0. The summed E-state index contributed by atoms with van der Waals surface area (Å²) in [6.45, 7) is 7.89. The number of benzene rings is 4. The fraction of sp³-hybridized carbons (Fsp3) is 0. The van der Waals surface area contributed by atoms with Crippen molar-refractivity contribution in [3.63, 3.8) is 0 Å². The Morgan fingerprint density at radius 2 is 0.636 bits per heavy atom.